The number of carbonyl (C=O) groups excluding carboxylic acids is 1. The number of nitrogens with one attached hydrogen (secondary N) is 1. The first kappa shape index (κ1) is 14.7. The highest BCUT2D eigenvalue weighted by atomic mass is 32.2. The molecule has 0 unspecified atom stereocenters. The van der Waals surface area contributed by atoms with Crippen LogP contribution in [0.25, 0.3) is 0 Å². The molecular weight excluding hydrogens is 252 g/mol. The van der Waals surface area contributed by atoms with Crippen molar-refractivity contribution in [1.82, 2.24) is 0 Å². The standard InChI is InChI=1S/C12H18N2O3S/c1-3-4-9(2)12(15)14-10-5-7-11(8-6-10)18(13,16)17/h5-9H,3-4H2,1-2H3,(H,14,15)(H2,13,16,17)/t9-/m0/s1. The largest absolute Gasteiger partial charge is 0.326 e. The lowest BCUT2D eigenvalue weighted by molar-refractivity contribution is -0.119. The summed E-state index contributed by atoms with van der Waals surface area (Å²) < 4.78 is 22.1. The number of rotatable bonds is 5. The van der Waals surface area contributed by atoms with Gasteiger partial charge < -0.3 is 5.32 Å². The Bertz CT molecular complexity index is 509. The molecule has 0 saturated carbocycles. The maximum Gasteiger partial charge on any atom is 0.238 e. The molecule has 0 radical (unpaired) electrons. The monoisotopic (exact) mass is 270 g/mol. The van der Waals surface area contributed by atoms with E-state index in [1.165, 1.54) is 24.3 Å². The molecule has 18 heavy (non-hydrogen) atoms. The Morgan fingerprint density at radius 3 is 2.33 bits per heavy atom. The van der Waals surface area contributed by atoms with Crippen molar-refractivity contribution in [2.45, 2.75) is 31.6 Å². The van der Waals surface area contributed by atoms with Crippen molar-refractivity contribution in [3.05, 3.63) is 24.3 Å². The molecular formula is C12H18N2O3S. The third-order valence-corrected chi connectivity index (χ3v) is 3.55. The Labute approximate surface area is 107 Å². The number of sulfonamides is 1. The lowest BCUT2D eigenvalue weighted by Crippen LogP contribution is -2.20. The molecule has 6 heteroatoms. The average molecular weight is 270 g/mol. The van der Waals surface area contributed by atoms with Gasteiger partial charge in [0, 0.05) is 11.6 Å². The van der Waals surface area contributed by atoms with E-state index in [0.29, 0.717) is 5.69 Å². The number of benzene rings is 1. The molecule has 1 amide bonds. The summed E-state index contributed by atoms with van der Waals surface area (Å²) in [7, 11) is -3.69. The van der Waals surface area contributed by atoms with Crippen LogP contribution in [0.5, 0.6) is 0 Å². The third kappa shape index (κ3) is 4.12. The van der Waals surface area contributed by atoms with E-state index in [1.54, 1.807) is 0 Å². The summed E-state index contributed by atoms with van der Waals surface area (Å²) in [6.45, 7) is 3.88. The molecule has 0 aliphatic heterocycles. The van der Waals surface area contributed by atoms with E-state index < -0.39 is 10.0 Å². The van der Waals surface area contributed by atoms with Gasteiger partial charge in [0.2, 0.25) is 15.9 Å². The van der Waals surface area contributed by atoms with Crippen molar-refractivity contribution in [1.29, 1.82) is 0 Å². The predicted molar refractivity (Wildman–Crippen MR) is 70.5 cm³/mol. The molecule has 0 aliphatic carbocycles. The summed E-state index contributed by atoms with van der Waals surface area (Å²) in [6.07, 6.45) is 1.76. The van der Waals surface area contributed by atoms with Crippen LogP contribution in [0.15, 0.2) is 29.2 Å². The fourth-order valence-corrected chi connectivity index (χ4v) is 2.07. The fraction of sp³-hybridized carbons (Fsp3) is 0.417. The first-order chi connectivity index (χ1) is 8.34. The first-order valence-corrected chi connectivity index (χ1v) is 7.33. The molecule has 1 rings (SSSR count). The molecule has 0 aliphatic rings. The average Bonchev–Trinajstić information content (AvgIpc) is 2.28. The molecule has 1 atom stereocenters. The Balaban J connectivity index is 2.73. The second-order valence-corrected chi connectivity index (χ2v) is 5.81. The van der Waals surface area contributed by atoms with Crippen molar-refractivity contribution in [2.24, 2.45) is 11.1 Å². The molecule has 100 valence electrons. The number of anilines is 1. The molecule has 0 heterocycles. The topological polar surface area (TPSA) is 89.3 Å². The zero-order valence-corrected chi connectivity index (χ0v) is 11.3. The van der Waals surface area contributed by atoms with E-state index in [9.17, 15) is 13.2 Å². The quantitative estimate of drug-likeness (QED) is 0.853. The van der Waals surface area contributed by atoms with E-state index in [1.807, 2.05) is 13.8 Å². The van der Waals surface area contributed by atoms with Crippen LogP contribution in [0, 0.1) is 5.92 Å². The highest BCUT2D eigenvalue weighted by Crippen LogP contribution is 2.14. The van der Waals surface area contributed by atoms with Crippen molar-refractivity contribution in [2.75, 3.05) is 5.32 Å². The second kappa shape index (κ2) is 5.97. The van der Waals surface area contributed by atoms with E-state index in [-0.39, 0.29) is 16.7 Å². The van der Waals surface area contributed by atoms with Crippen LogP contribution in [0.2, 0.25) is 0 Å². The molecule has 1 aromatic carbocycles. The fourth-order valence-electron chi connectivity index (χ4n) is 1.56. The van der Waals surface area contributed by atoms with Crippen LogP contribution in [0.4, 0.5) is 5.69 Å². The minimum Gasteiger partial charge on any atom is -0.326 e. The number of amides is 1. The van der Waals surface area contributed by atoms with Gasteiger partial charge in [-0.05, 0) is 30.7 Å². The molecule has 0 fully saturated rings. The van der Waals surface area contributed by atoms with Gasteiger partial charge in [-0.2, -0.15) is 0 Å². The third-order valence-electron chi connectivity index (χ3n) is 2.62. The lowest BCUT2D eigenvalue weighted by Gasteiger charge is -2.11. The van der Waals surface area contributed by atoms with Gasteiger partial charge in [0.05, 0.1) is 4.90 Å². The number of hydrogen-bond acceptors (Lipinski definition) is 3. The van der Waals surface area contributed by atoms with Crippen LogP contribution in [0.1, 0.15) is 26.7 Å². The minimum atomic E-state index is -3.69. The Kier molecular flexibility index (Phi) is 4.86. The molecule has 0 saturated heterocycles. The number of carbonyl (C=O) groups is 1. The van der Waals surface area contributed by atoms with Gasteiger partial charge in [-0.1, -0.05) is 20.3 Å². The predicted octanol–water partition coefficient (Wildman–Crippen LogP) is 1.71. The van der Waals surface area contributed by atoms with Crippen LogP contribution in [0.3, 0.4) is 0 Å². The van der Waals surface area contributed by atoms with Gasteiger partial charge in [-0.15, -0.1) is 0 Å². The summed E-state index contributed by atoms with van der Waals surface area (Å²) in [6, 6.07) is 5.79. The normalized spacial score (nSPS) is 13.1. The molecule has 0 spiro atoms. The summed E-state index contributed by atoms with van der Waals surface area (Å²) >= 11 is 0. The van der Waals surface area contributed by atoms with Gasteiger partial charge in [-0.25, -0.2) is 13.6 Å². The first-order valence-electron chi connectivity index (χ1n) is 5.78. The van der Waals surface area contributed by atoms with E-state index >= 15 is 0 Å². The van der Waals surface area contributed by atoms with Crippen molar-refractivity contribution < 1.29 is 13.2 Å². The lowest BCUT2D eigenvalue weighted by atomic mass is 10.1. The van der Waals surface area contributed by atoms with E-state index in [2.05, 4.69) is 5.32 Å². The van der Waals surface area contributed by atoms with Crippen LogP contribution in [-0.4, -0.2) is 14.3 Å². The minimum absolute atomic E-state index is 0.0297. The smallest absolute Gasteiger partial charge is 0.238 e. The Hall–Kier alpha value is -1.40. The molecule has 0 bridgehead atoms. The summed E-state index contributed by atoms with van der Waals surface area (Å²) in [5.41, 5.74) is 0.565. The molecule has 5 nitrogen and oxygen atoms in total. The van der Waals surface area contributed by atoms with E-state index in [0.717, 1.165) is 12.8 Å². The maximum atomic E-state index is 11.7. The maximum absolute atomic E-state index is 11.7. The second-order valence-electron chi connectivity index (χ2n) is 4.25. The van der Waals surface area contributed by atoms with Gasteiger partial charge in [0.15, 0.2) is 0 Å². The Morgan fingerprint density at radius 1 is 1.33 bits per heavy atom. The SMILES string of the molecule is CCC[C@H](C)C(=O)Nc1ccc(S(N)(=O)=O)cc1. The number of hydrogen-bond donors (Lipinski definition) is 2. The summed E-state index contributed by atoms with van der Waals surface area (Å²) in [5.74, 6) is -0.131. The van der Waals surface area contributed by atoms with Crippen molar-refractivity contribution >= 4 is 21.6 Å². The van der Waals surface area contributed by atoms with Crippen molar-refractivity contribution in [3.8, 4) is 0 Å². The van der Waals surface area contributed by atoms with Gasteiger partial charge in [0.25, 0.3) is 0 Å². The van der Waals surface area contributed by atoms with Crippen molar-refractivity contribution in [3.63, 3.8) is 0 Å². The molecule has 3 N–H and O–H groups in total. The van der Waals surface area contributed by atoms with Gasteiger partial charge in [0.1, 0.15) is 0 Å². The van der Waals surface area contributed by atoms with Gasteiger partial charge >= 0.3 is 0 Å². The highest BCUT2D eigenvalue weighted by Gasteiger charge is 2.12. The highest BCUT2D eigenvalue weighted by molar-refractivity contribution is 7.89. The van der Waals surface area contributed by atoms with Gasteiger partial charge in [-0.3, -0.25) is 4.79 Å². The van der Waals surface area contributed by atoms with Crippen LogP contribution in [-0.2, 0) is 14.8 Å². The number of primary sulfonamides is 1. The van der Waals surface area contributed by atoms with Crippen LogP contribution >= 0.6 is 0 Å². The molecule has 0 aromatic heterocycles. The summed E-state index contributed by atoms with van der Waals surface area (Å²) in [4.78, 5) is 11.8. The zero-order chi connectivity index (χ0) is 13.8. The Morgan fingerprint density at radius 2 is 1.89 bits per heavy atom. The van der Waals surface area contributed by atoms with Crippen LogP contribution < -0.4 is 10.5 Å². The van der Waals surface area contributed by atoms with E-state index in [4.69, 9.17) is 5.14 Å². The number of nitrogens with two attached hydrogens (primary N) is 1. The zero-order valence-electron chi connectivity index (χ0n) is 10.5. The summed E-state index contributed by atoms with van der Waals surface area (Å²) in [5, 5.41) is 7.71. The molecule has 1 aromatic rings.